The number of methoxy groups -OCH3 is 1. The Hall–Kier alpha value is -1.90. The van der Waals surface area contributed by atoms with Crippen LogP contribution in [0.1, 0.15) is 12.8 Å². The van der Waals surface area contributed by atoms with E-state index in [1.54, 1.807) is 55.6 Å². The quantitative estimate of drug-likeness (QED) is 0.752. The number of halogens is 1. The van der Waals surface area contributed by atoms with Gasteiger partial charge in [-0.05, 0) is 61.4 Å². The van der Waals surface area contributed by atoms with E-state index in [-0.39, 0.29) is 23.3 Å². The van der Waals surface area contributed by atoms with Crippen LogP contribution in [0.15, 0.2) is 57.9 Å². The minimum Gasteiger partial charge on any atom is -0.497 e. The summed E-state index contributed by atoms with van der Waals surface area (Å²) >= 11 is 3.31. The second-order valence-electron chi connectivity index (χ2n) is 6.37. The van der Waals surface area contributed by atoms with Gasteiger partial charge in [-0.15, -0.1) is 0 Å². The van der Waals surface area contributed by atoms with Crippen molar-refractivity contribution in [1.29, 1.82) is 0 Å². The monoisotopic (exact) mass is 452 g/mol. The largest absolute Gasteiger partial charge is 0.497 e. The van der Waals surface area contributed by atoms with Crippen LogP contribution < -0.4 is 10.1 Å². The average molecular weight is 453 g/mol. The summed E-state index contributed by atoms with van der Waals surface area (Å²) in [6, 6.07) is 13.6. The number of hydrogen-bond acceptors (Lipinski definition) is 4. The third kappa shape index (κ3) is 4.69. The van der Waals surface area contributed by atoms with Gasteiger partial charge in [-0.25, -0.2) is 8.42 Å². The van der Waals surface area contributed by atoms with Crippen LogP contribution in [0, 0.1) is 5.92 Å². The van der Waals surface area contributed by atoms with Gasteiger partial charge >= 0.3 is 0 Å². The molecule has 2 aromatic rings. The Morgan fingerprint density at radius 2 is 1.81 bits per heavy atom. The lowest BCUT2D eigenvalue weighted by atomic mass is 9.99. The van der Waals surface area contributed by atoms with Crippen molar-refractivity contribution in [3.63, 3.8) is 0 Å². The number of amides is 1. The molecule has 1 amide bonds. The van der Waals surface area contributed by atoms with E-state index in [9.17, 15) is 13.2 Å². The molecule has 1 saturated heterocycles. The fraction of sp³-hybridized carbons (Fsp3) is 0.316. The zero-order valence-corrected chi connectivity index (χ0v) is 17.3. The van der Waals surface area contributed by atoms with Gasteiger partial charge in [0.05, 0.1) is 17.9 Å². The van der Waals surface area contributed by atoms with Crippen molar-refractivity contribution in [1.82, 2.24) is 4.31 Å². The SMILES string of the molecule is COc1ccc(NC(=O)[C@H]2CCCN(S(=O)(=O)c3ccc(Br)cc3)C2)cc1. The highest BCUT2D eigenvalue weighted by molar-refractivity contribution is 9.10. The van der Waals surface area contributed by atoms with Crippen LogP contribution in [0.5, 0.6) is 5.75 Å². The molecule has 1 fully saturated rings. The van der Waals surface area contributed by atoms with E-state index >= 15 is 0 Å². The highest BCUT2D eigenvalue weighted by Crippen LogP contribution is 2.26. The summed E-state index contributed by atoms with van der Waals surface area (Å²) in [7, 11) is -2.03. The number of benzene rings is 2. The molecule has 0 spiro atoms. The topological polar surface area (TPSA) is 75.7 Å². The van der Waals surface area contributed by atoms with E-state index in [1.165, 1.54) is 4.31 Å². The summed E-state index contributed by atoms with van der Waals surface area (Å²) in [5.41, 5.74) is 0.661. The number of nitrogens with one attached hydrogen (secondary N) is 1. The normalized spacial score (nSPS) is 18.1. The van der Waals surface area contributed by atoms with E-state index in [1.807, 2.05) is 0 Å². The molecule has 0 saturated carbocycles. The molecular weight excluding hydrogens is 432 g/mol. The number of carbonyl (C=O) groups is 1. The van der Waals surface area contributed by atoms with E-state index in [2.05, 4.69) is 21.2 Å². The first-order valence-corrected chi connectivity index (χ1v) is 10.8. The molecule has 0 radical (unpaired) electrons. The molecule has 27 heavy (non-hydrogen) atoms. The Balaban J connectivity index is 1.69. The molecule has 144 valence electrons. The predicted octanol–water partition coefficient (Wildman–Crippen LogP) is 3.50. The van der Waals surface area contributed by atoms with Gasteiger partial charge in [0.1, 0.15) is 5.75 Å². The van der Waals surface area contributed by atoms with E-state index in [4.69, 9.17) is 4.74 Å². The highest BCUT2D eigenvalue weighted by atomic mass is 79.9. The number of nitrogens with zero attached hydrogens (tertiary/aromatic N) is 1. The number of ether oxygens (including phenoxy) is 1. The summed E-state index contributed by atoms with van der Waals surface area (Å²) in [4.78, 5) is 12.8. The summed E-state index contributed by atoms with van der Waals surface area (Å²) in [5.74, 6) is 0.152. The van der Waals surface area contributed by atoms with Gasteiger partial charge in [-0.2, -0.15) is 4.31 Å². The maximum atomic E-state index is 12.9. The molecule has 0 aliphatic carbocycles. The predicted molar refractivity (Wildman–Crippen MR) is 107 cm³/mol. The standard InChI is InChI=1S/C19H21BrN2O4S/c1-26-17-8-6-16(7-9-17)21-19(23)14-3-2-12-22(13-14)27(24,25)18-10-4-15(20)5-11-18/h4-11,14H,2-3,12-13H2,1H3,(H,21,23)/t14-/m0/s1. The number of rotatable bonds is 5. The molecule has 0 unspecified atom stereocenters. The van der Waals surface area contributed by atoms with Gasteiger partial charge in [-0.1, -0.05) is 15.9 Å². The number of sulfonamides is 1. The second-order valence-corrected chi connectivity index (χ2v) is 9.23. The number of carbonyl (C=O) groups excluding carboxylic acids is 1. The number of anilines is 1. The van der Waals surface area contributed by atoms with Gasteiger partial charge in [0.15, 0.2) is 0 Å². The van der Waals surface area contributed by atoms with Crippen LogP contribution in [-0.4, -0.2) is 38.8 Å². The van der Waals surface area contributed by atoms with E-state index in [0.29, 0.717) is 30.8 Å². The van der Waals surface area contributed by atoms with Crippen molar-refractivity contribution >= 4 is 37.5 Å². The Morgan fingerprint density at radius 3 is 2.44 bits per heavy atom. The minimum absolute atomic E-state index is 0.170. The summed E-state index contributed by atoms with van der Waals surface area (Å²) in [6.45, 7) is 0.602. The first kappa shape index (κ1) is 19.9. The lowest BCUT2D eigenvalue weighted by Crippen LogP contribution is -2.43. The third-order valence-electron chi connectivity index (χ3n) is 4.56. The average Bonchev–Trinajstić information content (AvgIpc) is 2.69. The van der Waals surface area contributed by atoms with E-state index < -0.39 is 10.0 Å². The molecule has 1 aliphatic heterocycles. The summed E-state index contributed by atoms with van der Waals surface area (Å²) < 4.78 is 33.0. The first-order valence-electron chi connectivity index (χ1n) is 8.61. The van der Waals surface area contributed by atoms with Crippen molar-refractivity contribution in [3.05, 3.63) is 53.0 Å². The number of piperidine rings is 1. The van der Waals surface area contributed by atoms with E-state index in [0.717, 1.165) is 4.47 Å². The molecular formula is C19H21BrN2O4S. The number of hydrogen-bond donors (Lipinski definition) is 1. The molecule has 1 N–H and O–H groups in total. The Kier molecular flexibility index (Phi) is 6.18. The molecule has 0 aromatic heterocycles. The Labute approximate surface area is 167 Å². The molecule has 1 heterocycles. The van der Waals surface area contributed by atoms with Crippen molar-refractivity contribution < 1.29 is 17.9 Å². The van der Waals surface area contributed by atoms with Crippen molar-refractivity contribution in [3.8, 4) is 5.75 Å². The van der Waals surface area contributed by atoms with Crippen LogP contribution >= 0.6 is 15.9 Å². The van der Waals surface area contributed by atoms with Crippen molar-refractivity contribution in [2.45, 2.75) is 17.7 Å². The molecule has 1 atom stereocenters. The van der Waals surface area contributed by atoms with Crippen molar-refractivity contribution in [2.75, 3.05) is 25.5 Å². The summed E-state index contributed by atoms with van der Waals surface area (Å²) in [5, 5.41) is 2.86. The van der Waals surface area contributed by atoms with Gasteiger partial charge in [-0.3, -0.25) is 4.79 Å². The lowest BCUT2D eigenvalue weighted by molar-refractivity contribution is -0.120. The van der Waals surface area contributed by atoms with Gasteiger partial charge in [0, 0.05) is 23.2 Å². The Bertz CT molecular complexity index is 898. The van der Waals surface area contributed by atoms with Gasteiger partial charge < -0.3 is 10.1 Å². The van der Waals surface area contributed by atoms with Crippen LogP contribution in [0.4, 0.5) is 5.69 Å². The van der Waals surface area contributed by atoms with Crippen LogP contribution in [0.2, 0.25) is 0 Å². The molecule has 6 nitrogen and oxygen atoms in total. The zero-order chi connectivity index (χ0) is 19.4. The minimum atomic E-state index is -3.61. The molecule has 3 rings (SSSR count). The van der Waals surface area contributed by atoms with Crippen LogP contribution in [-0.2, 0) is 14.8 Å². The maximum Gasteiger partial charge on any atom is 0.243 e. The first-order chi connectivity index (χ1) is 12.9. The maximum absolute atomic E-state index is 12.9. The highest BCUT2D eigenvalue weighted by Gasteiger charge is 2.33. The summed E-state index contributed by atoms with van der Waals surface area (Å²) in [6.07, 6.45) is 1.31. The fourth-order valence-electron chi connectivity index (χ4n) is 3.05. The molecule has 1 aliphatic rings. The fourth-order valence-corrected chi connectivity index (χ4v) is 4.84. The smallest absolute Gasteiger partial charge is 0.243 e. The Morgan fingerprint density at radius 1 is 1.15 bits per heavy atom. The lowest BCUT2D eigenvalue weighted by Gasteiger charge is -2.31. The van der Waals surface area contributed by atoms with Crippen LogP contribution in [0.25, 0.3) is 0 Å². The second kappa shape index (κ2) is 8.41. The van der Waals surface area contributed by atoms with Gasteiger partial charge in [0.25, 0.3) is 0 Å². The molecule has 8 heteroatoms. The molecule has 0 bridgehead atoms. The third-order valence-corrected chi connectivity index (χ3v) is 6.97. The van der Waals surface area contributed by atoms with Crippen molar-refractivity contribution in [2.24, 2.45) is 5.92 Å². The molecule has 2 aromatic carbocycles. The van der Waals surface area contributed by atoms with Crippen LogP contribution in [0.3, 0.4) is 0 Å². The van der Waals surface area contributed by atoms with Gasteiger partial charge in [0.2, 0.25) is 15.9 Å². The zero-order valence-electron chi connectivity index (χ0n) is 14.9.